The first-order valence-electron chi connectivity index (χ1n) is 11.2. The fourth-order valence-corrected chi connectivity index (χ4v) is 5.04. The molecule has 2 aliphatic heterocycles. The maximum Gasteiger partial charge on any atom is 0.404 e. The van der Waals surface area contributed by atoms with Crippen molar-refractivity contribution in [2.24, 2.45) is 5.92 Å². The minimum atomic E-state index is -1.08. The predicted octanol–water partition coefficient (Wildman–Crippen LogP) is 4.15. The van der Waals surface area contributed by atoms with Gasteiger partial charge in [0.15, 0.2) is 0 Å². The zero-order valence-electron chi connectivity index (χ0n) is 18.6. The van der Waals surface area contributed by atoms with Crippen molar-refractivity contribution in [2.75, 3.05) is 31.1 Å². The molecule has 8 heteroatoms. The van der Waals surface area contributed by atoms with Crippen molar-refractivity contribution in [1.29, 1.82) is 0 Å². The standard InChI is InChI=1S/C25H28ClN3O4/c1-25(18-7-9-20(26)10-8-18)16-28(15-19(25)14-27-24(32)33)23(31)17-5-11-21(12-6-17)29-13-3-2-4-22(29)30/h5-12,19,27H,2-4,13-16H2,1H3,(H,32,33)/t19-,25-/m0/s1. The molecule has 2 atom stereocenters. The van der Waals surface area contributed by atoms with Crippen LogP contribution in [0.4, 0.5) is 10.5 Å². The number of likely N-dealkylation sites (tertiary alicyclic amines) is 1. The number of nitrogens with one attached hydrogen (secondary N) is 1. The molecule has 2 heterocycles. The number of piperidine rings is 1. The number of hydrogen-bond donors (Lipinski definition) is 2. The molecule has 2 aromatic carbocycles. The minimum absolute atomic E-state index is 0.0935. The van der Waals surface area contributed by atoms with Gasteiger partial charge in [-0.2, -0.15) is 0 Å². The molecule has 33 heavy (non-hydrogen) atoms. The van der Waals surface area contributed by atoms with Crippen LogP contribution in [-0.2, 0) is 10.2 Å². The lowest BCUT2D eigenvalue weighted by molar-refractivity contribution is -0.119. The molecule has 4 rings (SSSR count). The zero-order valence-corrected chi connectivity index (χ0v) is 19.3. The predicted molar refractivity (Wildman–Crippen MR) is 127 cm³/mol. The Morgan fingerprint density at radius 2 is 1.82 bits per heavy atom. The molecule has 174 valence electrons. The van der Waals surface area contributed by atoms with E-state index in [1.165, 1.54) is 0 Å². The van der Waals surface area contributed by atoms with E-state index >= 15 is 0 Å². The summed E-state index contributed by atoms with van der Waals surface area (Å²) in [5, 5.41) is 12.2. The van der Waals surface area contributed by atoms with Gasteiger partial charge in [-0.3, -0.25) is 9.59 Å². The number of carboxylic acid groups (broad SMARTS) is 1. The highest BCUT2D eigenvalue weighted by molar-refractivity contribution is 6.30. The molecule has 3 amide bonds. The summed E-state index contributed by atoms with van der Waals surface area (Å²) in [7, 11) is 0. The Balaban J connectivity index is 1.54. The van der Waals surface area contributed by atoms with Crippen molar-refractivity contribution >= 4 is 35.2 Å². The topological polar surface area (TPSA) is 90.0 Å². The Kier molecular flexibility index (Phi) is 6.61. The molecule has 2 fully saturated rings. The number of amides is 3. The van der Waals surface area contributed by atoms with E-state index in [0.29, 0.717) is 36.6 Å². The monoisotopic (exact) mass is 469 g/mol. The van der Waals surface area contributed by atoms with E-state index in [-0.39, 0.29) is 24.3 Å². The van der Waals surface area contributed by atoms with Crippen LogP contribution in [0.1, 0.15) is 42.1 Å². The van der Waals surface area contributed by atoms with E-state index in [4.69, 9.17) is 16.7 Å². The number of carbonyl (C=O) groups is 3. The lowest BCUT2D eigenvalue weighted by Gasteiger charge is -2.31. The van der Waals surface area contributed by atoms with E-state index < -0.39 is 11.5 Å². The molecule has 0 spiro atoms. The second-order valence-electron chi connectivity index (χ2n) is 9.04. The van der Waals surface area contributed by atoms with Crippen molar-refractivity contribution in [3.05, 3.63) is 64.7 Å². The number of carbonyl (C=O) groups excluding carboxylic acids is 2. The quantitative estimate of drug-likeness (QED) is 0.688. The number of hydrogen-bond acceptors (Lipinski definition) is 3. The lowest BCUT2D eigenvalue weighted by atomic mass is 9.74. The number of halogens is 1. The van der Waals surface area contributed by atoms with Crippen molar-refractivity contribution in [1.82, 2.24) is 10.2 Å². The lowest BCUT2D eigenvalue weighted by Crippen LogP contribution is -2.39. The molecule has 0 bridgehead atoms. The molecule has 2 aromatic rings. The Morgan fingerprint density at radius 3 is 2.45 bits per heavy atom. The van der Waals surface area contributed by atoms with Gasteiger partial charge in [0.05, 0.1) is 0 Å². The average molecular weight is 470 g/mol. The molecule has 0 aliphatic carbocycles. The highest BCUT2D eigenvalue weighted by atomic mass is 35.5. The Hall–Kier alpha value is -3.06. The smallest absolute Gasteiger partial charge is 0.404 e. The summed E-state index contributed by atoms with van der Waals surface area (Å²) in [5.41, 5.74) is 1.95. The van der Waals surface area contributed by atoms with Crippen molar-refractivity contribution in [3.8, 4) is 0 Å². The number of anilines is 1. The molecule has 2 aliphatic rings. The van der Waals surface area contributed by atoms with Crippen LogP contribution in [0.3, 0.4) is 0 Å². The first-order valence-corrected chi connectivity index (χ1v) is 11.6. The first-order chi connectivity index (χ1) is 15.8. The third kappa shape index (κ3) is 4.83. The van der Waals surface area contributed by atoms with Crippen molar-refractivity contribution in [2.45, 2.75) is 31.6 Å². The fourth-order valence-electron chi connectivity index (χ4n) is 4.92. The molecule has 2 saturated heterocycles. The summed E-state index contributed by atoms with van der Waals surface area (Å²) < 4.78 is 0. The molecule has 2 N–H and O–H groups in total. The van der Waals surface area contributed by atoms with Gasteiger partial charge in [0.1, 0.15) is 0 Å². The average Bonchev–Trinajstić information content (AvgIpc) is 3.15. The molecule has 0 radical (unpaired) electrons. The normalized spacial score (nSPS) is 23.0. The van der Waals surface area contributed by atoms with Gasteiger partial charge in [0, 0.05) is 60.2 Å². The van der Waals surface area contributed by atoms with Crippen LogP contribution < -0.4 is 10.2 Å². The summed E-state index contributed by atoms with van der Waals surface area (Å²) in [6.07, 6.45) is 1.38. The molecule has 0 unspecified atom stereocenters. The first kappa shape index (κ1) is 23.1. The van der Waals surface area contributed by atoms with Gasteiger partial charge < -0.3 is 20.2 Å². The Morgan fingerprint density at radius 1 is 1.12 bits per heavy atom. The number of nitrogens with zero attached hydrogens (tertiary/aromatic N) is 2. The van der Waals surface area contributed by atoms with Crippen molar-refractivity contribution in [3.63, 3.8) is 0 Å². The zero-order chi connectivity index (χ0) is 23.6. The summed E-state index contributed by atoms with van der Waals surface area (Å²) in [5.74, 6) is -0.0825. The largest absolute Gasteiger partial charge is 0.465 e. The summed E-state index contributed by atoms with van der Waals surface area (Å²) >= 11 is 6.06. The second-order valence-corrected chi connectivity index (χ2v) is 9.48. The summed E-state index contributed by atoms with van der Waals surface area (Å²) in [6, 6.07) is 14.7. The number of rotatable bonds is 5. The van der Waals surface area contributed by atoms with Gasteiger partial charge in [0.25, 0.3) is 5.91 Å². The van der Waals surface area contributed by atoms with E-state index in [1.807, 2.05) is 36.4 Å². The maximum atomic E-state index is 13.3. The van der Waals surface area contributed by atoms with Gasteiger partial charge in [-0.1, -0.05) is 30.7 Å². The SMILES string of the molecule is C[C@@]1(c2ccc(Cl)cc2)CN(C(=O)c2ccc(N3CCCCC3=O)cc2)C[C@@H]1CNC(=O)O. The van der Waals surface area contributed by atoms with Gasteiger partial charge in [-0.25, -0.2) is 4.79 Å². The molecule has 0 aromatic heterocycles. The van der Waals surface area contributed by atoms with E-state index in [9.17, 15) is 14.4 Å². The number of benzene rings is 2. The Bertz CT molecular complexity index is 1040. The maximum absolute atomic E-state index is 13.3. The van der Waals surface area contributed by atoms with Gasteiger partial charge >= 0.3 is 6.09 Å². The van der Waals surface area contributed by atoms with Crippen LogP contribution in [-0.4, -0.2) is 54.1 Å². The van der Waals surface area contributed by atoms with Gasteiger partial charge in [-0.05, 0) is 54.8 Å². The molecular formula is C25H28ClN3O4. The minimum Gasteiger partial charge on any atom is -0.465 e. The van der Waals surface area contributed by atoms with Gasteiger partial charge in [-0.15, -0.1) is 0 Å². The van der Waals surface area contributed by atoms with Gasteiger partial charge in [0.2, 0.25) is 5.91 Å². The van der Waals surface area contributed by atoms with E-state index in [1.54, 1.807) is 21.9 Å². The molecular weight excluding hydrogens is 442 g/mol. The van der Waals surface area contributed by atoms with E-state index in [2.05, 4.69) is 12.2 Å². The van der Waals surface area contributed by atoms with Crippen LogP contribution in [0.5, 0.6) is 0 Å². The van der Waals surface area contributed by atoms with E-state index in [0.717, 1.165) is 24.1 Å². The summed E-state index contributed by atoms with van der Waals surface area (Å²) in [6.45, 7) is 3.91. The third-order valence-corrected chi connectivity index (χ3v) is 7.15. The van der Waals surface area contributed by atoms with Crippen molar-refractivity contribution < 1.29 is 19.5 Å². The fraction of sp³-hybridized carbons (Fsp3) is 0.400. The highest BCUT2D eigenvalue weighted by Crippen LogP contribution is 2.40. The molecule has 0 saturated carbocycles. The molecule has 7 nitrogen and oxygen atoms in total. The second kappa shape index (κ2) is 9.43. The third-order valence-electron chi connectivity index (χ3n) is 6.90. The van der Waals surface area contributed by atoms with Crippen LogP contribution in [0.25, 0.3) is 0 Å². The van der Waals surface area contributed by atoms with Crippen LogP contribution in [0.15, 0.2) is 48.5 Å². The van der Waals surface area contributed by atoms with Crippen LogP contribution >= 0.6 is 11.6 Å². The highest BCUT2D eigenvalue weighted by Gasteiger charge is 2.45. The Labute approximate surface area is 198 Å². The van der Waals surface area contributed by atoms with Crippen LogP contribution in [0.2, 0.25) is 5.02 Å². The van der Waals surface area contributed by atoms with Crippen LogP contribution in [0, 0.1) is 5.92 Å². The summed E-state index contributed by atoms with van der Waals surface area (Å²) in [4.78, 5) is 40.2.